The molecule has 9 nitrogen and oxygen atoms in total. The van der Waals surface area contributed by atoms with E-state index in [2.05, 4.69) is 10.4 Å². The van der Waals surface area contributed by atoms with Crippen LogP contribution in [0.4, 0.5) is 0 Å². The van der Waals surface area contributed by atoms with Gasteiger partial charge < -0.3 is 19.5 Å². The summed E-state index contributed by atoms with van der Waals surface area (Å²) in [4.78, 5) is 13.3. The molecule has 1 saturated heterocycles. The van der Waals surface area contributed by atoms with Crippen LogP contribution < -0.4 is 14.8 Å². The Morgan fingerprint density at radius 2 is 2.12 bits per heavy atom. The van der Waals surface area contributed by atoms with E-state index < -0.39 is 0 Å². The van der Waals surface area contributed by atoms with E-state index in [0.29, 0.717) is 30.4 Å². The van der Waals surface area contributed by atoms with Crippen LogP contribution in [0.1, 0.15) is 23.0 Å². The van der Waals surface area contributed by atoms with Gasteiger partial charge in [0.15, 0.2) is 5.69 Å². The number of amides is 1. The molecule has 0 radical (unpaired) electrons. The number of rotatable bonds is 5. The second-order valence-electron chi connectivity index (χ2n) is 8.75. The number of hydrogen-bond acceptors (Lipinski definition) is 7. The molecule has 4 aromatic rings. The summed E-state index contributed by atoms with van der Waals surface area (Å²) >= 11 is 1.58. The molecule has 174 valence electrons. The van der Waals surface area contributed by atoms with Crippen molar-refractivity contribution in [2.45, 2.75) is 19.1 Å². The number of carbonyl (C=O) groups excluding carboxylic acids is 1. The van der Waals surface area contributed by atoms with Gasteiger partial charge in [-0.2, -0.15) is 21.5 Å². The van der Waals surface area contributed by atoms with Gasteiger partial charge >= 0.3 is 0 Å². The highest BCUT2D eigenvalue weighted by Crippen LogP contribution is 2.46. The Kier molecular flexibility index (Phi) is 4.75. The standard InChI is InChI=1S/C24H23N5O4S/c1-24(12-32-13-24)26-23(30)21-17-10-33-20-9-19(31-3)15(18-4-6-25-28(18)2)8-16(20)22(17)29(27-21)14-5-7-34-11-14/h4-9,11H,10,12-13H2,1-3H3,(H,26,30). The Bertz CT molecular complexity index is 1400. The molecule has 2 aliphatic rings. The van der Waals surface area contributed by atoms with E-state index in [9.17, 15) is 4.79 Å². The average Bonchev–Trinajstić information content (AvgIpc) is 3.56. The van der Waals surface area contributed by atoms with E-state index in [1.165, 1.54) is 0 Å². The molecule has 1 aromatic carbocycles. The first kappa shape index (κ1) is 20.9. The minimum Gasteiger partial charge on any atom is -0.496 e. The lowest BCUT2D eigenvalue weighted by Crippen LogP contribution is -2.60. The number of fused-ring (bicyclic) bond motifs is 3. The third kappa shape index (κ3) is 3.21. The summed E-state index contributed by atoms with van der Waals surface area (Å²) in [5, 5.41) is 16.2. The van der Waals surface area contributed by atoms with Gasteiger partial charge in [-0.1, -0.05) is 0 Å². The molecule has 0 saturated carbocycles. The third-order valence-electron chi connectivity index (χ3n) is 6.23. The molecule has 34 heavy (non-hydrogen) atoms. The fourth-order valence-corrected chi connectivity index (χ4v) is 5.06. The van der Waals surface area contributed by atoms with Gasteiger partial charge in [0, 0.05) is 41.4 Å². The van der Waals surface area contributed by atoms with E-state index in [1.807, 2.05) is 53.7 Å². The quantitative estimate of drug-likeness (QED) is 0.474. The van der Waals surface area contributed by atoms with Crippen LogP contribution in [0.2, 0.25) is 0 Å². The van der Waals surface area contributed by atoms with Gasteiger partial charge in [0.2, 0.25) is 0 Å². The van der Waals surface area contributed by atoms with Gasteiger partial charge in [-0.3, -0.25) is 9.48 Å². The molecule has 0 atom stereocenters. The number of methoxy groups -OCH3 is 1. The monoisotopic (exact) mass is 477 g/mol. The van der Waals surface area contributed by atoms with Crippen LogP contribution in [0.15, 0.2) is 41.2 Å². The molecule has 10 heteroatoms. The Balaban J connectivity index is 1.54. The first-order valence-corrected chi connectivity index (χ1v) is 11.8. The Morgan fingerprint density at radius 1 is 1.26 bits per heavy atom. The van der Waals surface area contributed by atoms with Crippen LogP contribution in [-0.4, -0.2) is 51.3 Å². The average molecular weight is 478 g/mol. The van der Waals surface area contributed by atoms with E-state index in [-0.39, 0.29) is 18.1 Å². The van der Waals surface area contributed by atoms with Gasteiger partial charge in [0.1, 0.15) is 18.1 Å². The van der Waals surface area contributed by atoms with Crippen molar-refractivity contribution in [3.05, 3.63) is 52.5 Å². The molecule has 1 fully saturated rings. The zero-order chi connectivity index (χ0) is 23.4. The summed E-state index contributed by atoms with van der Waals surface area (Å²) < 4.78 is 20.7. The predicted octanol–water partition coefficient (Wildman–Crippen LogP) is 3.42. The maximum atomic E-state index is 13.3. The SMILES string of the molecule is COc1cc2c(cc1-c1ccnn1C)-c1c(c(C(=O)NC3(C)COC3)nn1-c1ccsc1)CO2. The first-order chi connectivity index (χ1) is 16.5. The zero-order valence-electron chi connectivity index (χ0n) is 19.0. The summed E-state index contributed by atoms with van der Waals surface area (Å²) in [6, 6.07) is 7.83. The fourth-order valence-electron chi connectivity index (χ4n) is 4.45. The molecule has 0 spiro atoms. The van der Waals surface area contributed by atoms with E-state index in [0.717, 1.165) is 33.8 Å². The molecule has 2 aliphatic heterocycles. The molecule has 1 amide bonds. The number of nitrogens with one attached hydrogen (secondary N) is 1. The number of hydrogen-bond donors (Lipinski definition) is 1. The van der Waals surface area contributed by atoms with Crippen LogP contribution in [0.25, 0.3) is 28.2 Å². The van der Waals surface area contributed by atoms with E-state index in [4.69, 9.17) is 19.3 Å². The number of aromatic nitrogens is 4. The Hall–Kier alpha value is -3.63. The van der Waals surface area contributed by atoms with E-state index in [1.54, 1.807) is 29.3 Å². The highest BCUT2D eigenvalue weighted by Gasteiger charge is 2.38. The summed E-state index contributed by atoms with van der Waals surface area (Å²) in [6.07, 6.45) is 1.75. The number of nitrogens with zero attached hydrogens (tertiary/aromatic N) is 4. The van der Waals surface area contributed by atoms with Gasteiger partial charge in [0.05, 0.1) is 42.9 Å². The Morgan fingerprint density at radius 3 is 2.76 bits per heavy atom. The van der Waals surface area contributed by atoms with Gasteiger partial charge in [-0.25, -0.2) is 4.68 Å². The molecule has 0 aliphatic carbocycles. The number of carbonyl (C=O) groups is 1. The van der Waals surface area contributed by atoms with Crippen molar-refractivity contribution in [2.24, 2.45) is 7.05 Å². The van der Waals surface area contributed by atoms with E-state index >= 15 is 0 Å². The second kappa shape index (κ2) is 7.71. The fraction of sp³-hybridized carbons (Fsp3) is 0.292. The van der Waals surface area contributed by atoms with Crippen LogP contribution in [0.5, 0.6) is 11.5 Å². The lowest BCUT2D eigenvalue weighted by Gasteiger charge is -2.38. The Labute approximate surface area is 199 Å². The maximum absolute atomic E-state index is 13.3. The largest absolute Gasteiger partial charge is 0.496 e. The number of aryl methyl sites for hydroxylation is 1. The lowest BCUT2D eigenvalue weighted by molar-refractivity contribution is -0.0594. The molecule has 1 N–H and O–H groups in total. The van der Waals surface area contributed by atoms with Crippen LogP contribution >= 0.6 is 11.3 Å². The predicted molar refractivity (Wildman–Crippen MR) is 127 cm³/mol. The molecule has 6 rings (SSSR count). The maximum Gasteiger partial charge on any atom is 0.272 e. The van der Waals surface area contributed by atoms with Crippen molar-refractivity contribution in [2.75, 3.05) is 20.3 Å². The van der Waals surface area contributed by atoms with Crippen molar-refractivity contribution in [3.63, 3.8) is 0 Å². The molecule has 5 heterocycles. The van der Waals surface area contributed by atoms with Crippen molar-refractivity contribution in [1.82, 2.24) is 24.9 Å². The lowest BCUT2D eigenvalue weighted by atomic mass is 9.97. The molecule has 3 aromatic heterocycles. The number of ether oxygens (including phenoxy) is 3. The smallest absolute Gasteiger partial charge is 0.272 e. The van der Waals surface area contributed by atoms with Crippen LogP contribution in [-0.2, 0) is 18.4 Å². The minimum atomic E-state index is -0.385. The van der Waals surface area contributed by atoms with Crippen molar-refractivity contribution in [1.29, 1.82) is 0 Å². The number of benzene rings is 1. The molecular formula is C24H23N5O4S. The summed E-state index contributed by atoms with van der Waals surface area (Å²) in [7, 11) is 3.53. The van der Waals surface area contributed by atoms with Gasteiger partial charge in [-0.15, -0.1) is 0 Å². The zero-order valence-corrected chi connectivity index (χ0v) is 19.8. The summed E-state index contributed by atoms with van der Waals surface area (Å²) in [5.41, 5.74) is 5.08. The third-order valence-corrected chi connectivity index (χ3v) is 6.90. The summed E-state index contributed by atoms with van der Waals surface area (Å²) in [5.74, 6) is 1.13. The second-order valence-corrected chi connectivity index (χ2v) is 9.53. The molecular weight excluding hydrogens is 454 g/mol. The summed E-state index contributed by atoms with van der Waals surface area (Å²) in [6.45, 7) is 3.17. The van der Waals surface area contributed by atoms with Crippen molar-refractivity contribution >= 4 is 17.2 Å². The topological polar surface area (TPSA) is 92.4 Å². The highest BCUT2D eigenvalue weighted by molar-refractivity contribution is 7.08. The van der Waals surface area contributed by atoms with Gasteiger partial charge in [-0.05, 0) is 30.5 Å². The normalized spacial score (nSPS) is 15.6. The molecule has 0 unspecified atom stereocenters. The van der Waals surface area contributed by atoms with Crippen molar-refractivity contribution in [3.8, 4) is 39.7 Å². The number of thiophene rings is 1. The van der Waals surface area contributed by atoms with Crippen molar-refractivity contribution < 1.29 is 19.0 Å². The first-order valence-electron chi connectivity index (χ1n) is 10.9. The van der Waals surface area contributed by atoms with Crippen LogP contribution in [0.3, 0.4) is 0 Å². The molecule has 0 bridgehead atoms. The van der Waals surface area contributed by atoms with Gasteiger partial charge in [0.25, 0.3) is 5.91 Å². The van der Waals surface area contributed by atoms with Crippen LogP contribution in [0, 0.1) is 0 Å². The highest BCUT2D eigenvalue weighted by atomic mass is 32.1. The minimum absolute atomic E-state index is 0.233.